The van der Waals surface area contributed by atoms with E-state index in [4.69, 9.17) is 9.47 Å². The third-order valence-corrected chi connectivity index (χ3v) is 4.96. The van der Waals surface area contributed by atoms with Crippen molar-refractivity contribution in [2.75, 3.05) is 13.2 Å². The molecule has 0 atom stereocenters. The molecular formula is C22H27N3O2. The number of nitrogens with zero attached hydrogens (tertiary/aromatic N) is 3. The van der Waals surface area contributed by atoms with Gasteiger partial charge in [-0.05, 0) is 43.0 Å². The Bertz CT molecular complexity index is 861. The zero-order valence-corrected chi connectivity index (χ0v) is 16.4. The first-order valence-electron chi connectivity index (χ1n) is 9.70. The van der Waals surface area contributed by atoms with Crippen molar-refractivity contribution < 1.29 is 9.47 Å². The zero-order chi connectivity index (χ0) is 18.9. The Morgan fingerprint density at radius 2 is 2.00 bits per heavy atom. The summed E-state index contributed by atoms with van der Waals surface area (Å²) in [5, 5.41) is 8.57. The van der Waals surface area contributed by atoms with Crippen molar-refractivity contribution in [2.24, 2.45) is 11.3 Å². The summed E-state index contributed by atoms with van der Waals surface area (Å²) < 4.78 is 13.4. The maximum atomic E-state index is 5.78. The molecule has 5 nitrogen and oxygen atoms in total. The lowest BCUT2D eigenvalue weighted by molar-refractivity contribution is -0.227. The van der Waals surface area contributed by atoms with Gasteiger partial charge in [0.05, 0.1) is 25.5 Å². The molecule has 2 heterocycles. The lowest BCUT2D eigenvalue weighted by atomic mass is 9.96. The second-order valence-electron chi connectivity index (χ2n) is 8.51. The third-order valence-electron chi connectivity index (χ3n) is 4.96. The minimum Gasteiger partial charge on any atom is -0.350 e. The first-order valence-corrected chi connectivity index (χ1v) is 9.70. The molecule has 27 heavy (non-hydrogen) atoms. The van der Waals surface area contributed by atoms with Crippen LogP contribution in [-0.2, 0) is 22.4 Å². The summed E-state index contributed by atoms with van der Waals surface area (Å²) in [6.07, 6.45) is 4.98. The van der Waals surface area contributed by atoms with Crippen molar-refractivity contribution in [1.29, 1.82) is 0 Å². The highest BCUT2D eigenvalue weighted by Gasteiger charge is 2.28. The second-order valence-corrected chi connectivity index (χ2v) is 8.51. The molecule has 2 aliphatic rings. The lowest BCUT2D eigenvalue weighted by Crippen LogP contribution is -2.39. The average Bonchev–Trinajstić information content (AvgIpc) is 3.37. The summed E-state index contributed by atoms with van der Waals surface area (Å²) in [5.74, 6) is 7.25. The van der Waals surface area contributed by atoms with Crippen molar-refractivity contribution in [3.05, 3.63) is 46.8 Å². The van der Waals surface area contributed by atoms with E-state index < -0.39 is 0 Å². The highest BCUT2D eigenvalue weighted by molar-refractivity contribution is 5.42. The van der Waals surface area contributed by atoms with Crippen LogP contribution in [0.1, 0.15) is 49.1 Å². The molecule has 1 saturated heterocycles. The van der Waals surface area contributed by atoms with Crippen molar-refractivity contribution in [1.82, 2.24) is 15.0 Å². The van der Waals surface area contributed by atoms with Gasteiger partial charge < -0.3 is 9.47 Å². The summed E-state index contributed by atoms with van der Waals surface area (Å²) in [7, 11) is 0. The van der Waals surface area contributed by atoms with Crippen LogP contribution >= 0.6 is 0 Å². The Morgan fingerprint density at radius 1 is 1.22 bits per heavy atom. The smallest absolute Gasteiger partial charge is 0.177 e. The van der Waals surface area contributed by atoms with Crippen molar-refractivity contribution in [2.45, 2.75) is 52.9 Å². The topological polar surface area (TPSA) is 49.2 Å². The number of rotatable bonds is 4. The van der Waals surface area contributed by atoms with Gasteiger partial charge in [0.1, 0.15) is 0 Å². The molecule has 0 unspecified atom stereocenters. The molecule has 142 valence electrons. The lowest BCUT2D eigenvalue weighted by Gasteiger charge is -2.34. The molecule has 5 heteroatoms. The SMILES string of the molecule is Cc1ccc(C#CC2CC2)cc1Cc1cn(CC2OCC(C)(C)CO2)nn1. The van der Waals surface area contributed by atoms with Gasteiger partial charge in [0.25, 0.3) is 0 Å². The van der Waals surface area contributed by atoms with E-state index in [1.54, 1.807) is 0 Å². The van der Waals surface area contributed by atoms with Gasteiger partial charge in [0.15, 0.2) is 6.29 Å². The average molecular weight is 365 g/mol. The van der Waals surface area contributed by atoms with Crippen LogP contribution in [0.3, 0.4) is 0 Å². The minimum absolute atomic E-state index is 0.0783. The zero-order valence-electron chi connectivity index (χ0n) is 16.4. The molecule has 0 bridgehead atoms. The number of aromatic nitrogens is 3. The molecule has 2 aromatic rings. The van der Waals surface area contributed by atoms with E-state index in [9.17, 15) is 0 Å². The maximum absolute atomic E-state index is 5.78. The van der Waals surface area contributed by atoms with Crippen LogP contribution in [-0.4, -0.2) is 34.5 Å². The molecule has 1 aliphatic heterocycles. The fourth-order valence-corrected chi connectivity index (χ4v) is 3.04. The molecule has 1 saturated carbocycles. The Morgan fingerprint density at radius 3 is 2.74 bits per heavy atom. The predicted octanol–water partition coefficient (Wildman–Crippen LogP) is 3.34. The van der Waals surface area contributed by atoms with E-state index in [0.717, 1.165) is 17.7 Å². The van der Waals surface area contributed by atoms with Gasteiger partial charge in [-0.15, -0.1) is 5.10 Å². The summed E-state index contributed by atoms with van der Waals surface area (Å²) in [5.41, 5.74) is 4.61. The largest absolute Gasteiger partial charge is 0.350 e. The van der Waals surface area contributed by atoms with E-state index in [1.165, 1.54) is 24.0 Å². The van der Waals surface area contributed by atoms with Gasteiger partial charge in [-0.25, -0.2) is 4.68 Å². The molecule has 0 radical (unpaired) electrons. The number of hydrogen-bond donors (Lipinski definition) is 0. The number of benzene rings is 1. The van der Waals surface area contributed by atoms with Gasteiger partial charge in [-0.3, -0.25) is 0 Å². The van der Waals surface area contributed by atoms with Gasteiger partial charge in [0, 0.05) is 29.5 Å². The van der Waals surface area contributed by atoms with Gasteiger partial charge in [-0.2, -0.15) is 0 Å². The monoisotopic (exact) mass is 365 g/mol. The minimum atomic E-state index is -0.254. The van der Waals surface area contributed by atoms with Crippen molar-refractivity contribution in [3.63, 3.8) is 0 Å². The summed E-state index contributed by atoms with van der Waals surface area (Å²) >= 11 is 0. The Hall–Kier alpha value is -2.16. The fraction of sp³-hybridized carbons (Fsp3) is 0.545. The van der Waals surface area contributed by atoms with Crippen LogP contribution in [0.15, 0.2) is 24.4 Å². The molecule has 4 rings (SSSR count). The van der Waals surface area contributed by atoms with E-state index in [2.05, 4.69) is 61.1 Å². The normalized spacial score (nSPS) is 19.5. The van der Waals surface area contributed by atoms with Gasteiger partial charge in [0.2, 0.25) is 0 Å². The van der Waals surface area contributed by atoms with Crippen LogP contribution in [0.4, 0.5) is 0 Å². The molecule has 1 aromatic heterocycles. The molecule has 1 aliphatic carbocycles. The molecule has 0 spiro atoms. The van der Waals surface area contributed by atoms with Gasteiger partial charge in [-0.1, -0.05) is 37.0 Å². The first kappa shape index (κ1) is 18.2. The molecule has 1 aromatic carbocycles. The fourth-order valence-electron chi connectivity index (χ4n) is 3.04. The van der Waals surface area contributed by atoms with E-state index in [-0.39, 0.29) is 11.7 Å². The van der Waals surface area contributed by atoms with Crippen LogP contribution in [0.5, 0.6) is 0 Å². The number of hydrogen-bond acceptors (Lipinski definition) is 4. The highest BCUT2D eigenvalue weighted by Crippen LogP contribution is 2.27. The second kappa shape index (κ2) is 7.46. The maximum Gasteiger partial charge on any atom is 0.177 e. The summed E-state index contributed by atoms with van der Waals surface area (Å²) in [6.45, 7) is 8.38. The predicted molar refractivity (Wildman–Crippen MR) is 103 cm³/mol. The number of aryl methyl sites for hydroxylation is 1. The summed E-state index contributed by atoms with van der Waals surface area (Å²) in [4.78, 5) is 0. The first-order chi connectivity index (χ1) is 13.0. The molecule has 2 fully saturated rings. The van der Waals surface area contributed by atoms with Crippen LogP contribution in [0.25, 0.3) is 0 Å². The van der Waals surface area contributed by atoms with E-state index in [1.807, 2.05) is 10.9 Å². The van der Waals surface area contributed by atoms with Crippen LogP contribution < -0.4 is 0 Å². The van der Waals surface area contributed by atoms with Crippen LogP contribution in [0, 0.1) is 30.1 Å². The van der Waals surface area contributed by atoms with Crippen molar-refractivity contribution >= 4 is 0 Å². The third kappa shape index (κ3) is 4.97. The highest BCUT2D eigenvalue weighted by atomic mass is 16.7. The van der Waals surface area contributed by atoms with Crippen LogP contribution in [0.2, 0.25) is 0 Å². The molecule has 0 amide bonds. The number of ether oxygens (including phenoxy) is 2. The summed E-state index contributed by atoms with van der Waals surface area (Å²) in [6, 6.07) is 6.42. The Labute approximate surface area is 161 Å². The molecular weight excluding hydrogens is 338 g/mol. The quantitative estimate of drug-likeness (QED) is 0.780. The van der Waals surface area contributed by atoms with Gasteiger partial charge >= 0.3 is 0 Å². The Kier molecular flexibility index (Phi) is 5.03. The van der Waals surface area contributed by atoms with E-state index >= 15 is 0 Å². The molecule has 0 N–H and O–H groups in total. The van der Waals surface area contributed by atoms with Crippen molar-refractivity contribution in [3.8, 4) is 11.8 Å². The van der Waals surface area contributed by atoms with E-state index in [0.29, 0.717) is 25.7 Å². The Balaban J connectivity index is 1.39. The standard InChI is InChI=1S/C22H27N3O2/c1-16-4-5-18(9-8-17-6-7-17)10-19(16)11-20-12-25(24-23-20)13-21-26-14-22(2,3)15-27-21/h4-5,10,12,17,21H,6-7,11,13-15H2,1-3H3.